The van der Waals surface area contributed by atoms with Gasteiger partial charge in [-0.25, -0.2) is 13.1 Å². The van der Waals surface area contributed by atoms with Gasteiger partial charge in [-0.1, -0.05) is 0 Å². The molecule has 0 aromatic carbocycles. The lowest BCUT2D eigenvalue weighted by Crippen LogP contribution is -2.50. The summed E-state index contributed by atoms with van der Waals surface area (Å²) in [4.78, 5) is 11.9. The van der Waals surface area contributed by atoms with Crippen molar-refractivity contribution in [2.75, 3.05) is 24.3 Å². The molecule has 6 nitrogen and oxygen atoms in total. The molecule has 3 N–H and O–H groups in total. The predicted octanol–water partition coefficient (Wildman–Crippen LogP) is -0.0655. The Morgan fingerprint density at radius 3 is 2.42 bits per heavy atom. The van der Waals surface area contributed by atoms with Crippen LogP contribution in [0, 0.1) is 0 Å². The zero-order valence-electron chi connectivity index (χ0n) is 11.9. The number of rotatable bonds is 9. The normalized spacial score (nSPS) is 14.2. The second-order valence-corrected chi connectivity index (χ2v) is 7.91. The third-order valence-electron chi connectivity index (χ3n) is 2.32. The molecule has 114 valence electrons. The van der Waals surface area contributed by atoms with Crippen LogP contribution in [0.15, 0.2) is 0 Å². The van der Waals surface area contributed by atoms with Crippen molar-refractivity contribution in [3.8, 4) is 0 Å². The second kappa shape index (κ2) is 8.08. The van der Waals surface area contributed by atoms with Gasteiger partial charge in [-0.15, -0.1) is 0 Å². The largest absolute Gasteiger partial charge is 0.389 e. The zero-order chi connectivity index (χ0) is 15.1. The average molecular weight is 312 g/mol. The molecule has 1 atom stereocenters. The number of carbonyl (C=O) groups is 1. The van der Waals surface area contributed by atoms with Crippen LogP contribution < -0.4 is 10.0 Å². The number of aliphatic hydroxyl groups is 1. The summed E-state index contributed by atoms with van der Waals surface area (Å²) in [6, 6.07) is -0.792. The molecule has 19 heavy (non-hydrogen) atoms. The molecular formula is C11H24N2O4S2. The quantitative estimate of drug-likeness (QED) is 0.554. The van der Waals surface area contributed by atoms with E-state index in [0.29, 0.717) is 12.2 Å². The molecular weight excluding hydrogens is 288 g/mol. The van der Waals surface area contributed by atoms with Crippen molar-refractivity contribution in [3.63, 3.8) is 0 Å². The van der Waals surface area contributed by atoms with Crippen molar-refractivity contribution in [2.24, 2.45) is 0 Å². The smallest absolute Gasteiger partial charge is 0.238 e. The highest BCUT2D eigenvalue weighted by atomic mass is 32.2. The number of hydrogen-bond acceptors (Lipinski definition) is 5. The first-order valence-electron chi connectivity index (χ1n) is 6.10. The number of amides is 1. The van der Waals surface area contributed by atoms with Gasteiger partial charge in [-0.2, -0.15) is 11.8 Å². The lowest BCUT2D eigenvalue weighted by Gasteiger charge is -2.22. The number of carbonyl (C=O) groups excluding carboxylic acids is 1. The average Bonchev–Trinajstić information content (AvgIpc) is 2.30. The van der Waals surface area contributed by atoms with Crippen LogP contribution >= 0.6 is 11.8 Å². The number of nitrogens with one attached hydrogen (secondary N) is 2. The minimum absolute atomic E-state index is 0.0679. The number of thioether (sulfide) groups is 1. The molecule has 0 aromatic rings. The van der Waals surface area contributed by atoms with Gasteiger partial charge in [0.1, 0.15) is 6.04 Å². The summed E-state index contributed by atoms with van der Waals surface area (Å²) in [6.45, 7) is 4.74. The Bertz CT molecular complexity index is 377. The van der Waals surface area contributed by atoms with Crippen LogP contribution in [-0.4, -0.2) is 55.4 Å². The van der Waals surface area contributed by atoms with Crippen molar-refractivity contribution < 1.29 is 18.3 Å². The molecule has 0 heterocycles. The SMILES string of the molecule is CCS(=O)(=O)NC(CCSC)C(=O)NCC(C)(C)O. The lowest BCUT2D eigenvalue weighted by atomic mass is 10.1. The topological polar surface area (TPSA) is 95.5 Å². The van der Waals surface area contributed by atoms with Gasteiger partial charge >= 0.3 is 0 Å². The molecule has 0 spiro atoms. The van der Waals surface area contributed by atoms with Gasteiger partial charge in [-0.05, 0) is 39.2 Å². The van der Waals surface area contributed by atoms with E-state index in [1.54, 1.807) is 25.6 Å². The maximum Gasteiger partial charge on any atom is 0.238 e. The lowest BCUT2D eigenvalue weighted by molar-refractivity contribution is -0.123. The van der Waals surface area contributed by atoms with Crippen molar-refractivity contribution in [1.29, 1.82) is 0 Å². The van der Waals surface area contributed by atoms with E-state index >= 15 is 0 Å². The number of sulfonamides is 1. The maximum absolute atomic E-state index is 11.9. The van der Waals surface area contributed by atoms with E-state index in [1.807, 2.05) is 6.26 Å². The van der Waals surface area contributed by atoms with Gasteiger partial charge in [0.2, 0.25) is 15.9 Å². The molecule has 0 aliphatic heterocycles. The van der Waals surface area contributed by atoms with Gasteiger partial charge in [0.25, 0.3) is 0 Å². The van der Waals surface area contributed by atoms with E-state index in [1.165, 1.54) is 6.92 Å². The number of hydrogen-bond donors (Lipinski definition) is 3. The molecule has 0 rings (SSSR count). The standard InChI is InChI=1S/C11H24N2O4S2/c1-5-19(16,17)13-9(6-7-18-4)10(14)12-8-11(2,3)15/h9,13,15H,5-8H2,1-4H3,(H,12,14). The third kappa shape index (κ3) is 9.26. The van der Waals surface area contributed by atoms with E-state index in [2.05, 4.69) is 10.0 Å². The van der Waals surface area contributed by atoms with Crippen LogP contribution in [0.4, 0.5) is 0 Å². The summed E-state index contributed by atoms with van der Waals surface area (Å²) >= 11 is 1.54. The molecule has 0 aliphatic carbocycles. The minimum Gasteiger partial charge on any atom is -0.389 e. The highest BCUT2D eigenvalue weighted by Crippen LogP contribution is 2.04. The van der Waals surface area contributed by atoms with E-state index in [9.17, 15) is 18.3 Å². The van der Waals surface area contributed by atoms with Gasteiger partial charge < -0.3 is 10.4 Å². The fourth-order valence-electron chi connectivity index (χ4n) is 1.21. The van der Waals surface area contributed by atoms with E-state index in [0.717, 1.165) is 0 Å². The van der Waals surface area contributed by atoms with Crippen molar-refractivity contribution in [3.05, 3.63) is 0 Å². The Morgan fingerprint density at radius 2 is 2.00 bits per heavy atom. The Morgan fingerprint density at radius 1 is 1.42 bits per heavy atom. The maximum atomic E-state index is 11.9. The molecule has 8 heteroatoms. The highest BCUT2D eigenvalue weighted by Gasteiger charge is 2.24. The zero-order valence-corrected chi connectivity index (χ0v) is 13.5. The van der Waals surface area contributed by atoms with Gasteiger partial charge in [0, 0.05) is 6.54 Å². The molecule has 0 fully saturated rings. The summed E-state index contributed by atoms with van der Waals surface area (Å²) in [5.74, 6) is 0.196. The Labute approximate surface area is 119 Å². The van der Waals surface area contributed by atoms with E-state index in [4.69, 9.17) is 0 Å². The monoisotopic (exact) mass is 312 g/mol. The van der Waals surface area contributed by atoms with Crippen LogP contribution in [0.3, 0.4) is 0 Å². The summed E-state index contributed by atoms with van der Waals surface area (Å²) in [5.41, 5.74) is -1.02. The van der Waals surface area contributed by atoms with Gasteiger partial charge in [0.15, 0.2) is 0 Å². The predicted molar refractivity (Wildman–Crippen MR) is 78.7 cm³/mol. The first-order chi connectivity index (χ1) is 8.61. The van der Waals surface area contributed by atoms with Crippen LogP contribution in [0.2, 0.25) is 0 Å². The Balaban J connectivity index is 4.61. The molecule has 0 aliphatic rings. The summed E-state index contributed by atoms with van der Waals surface area (Å²) in [7, 11) is -3.43. The molecule has 0 saturated carbocycles. The van der Waals surface area contributed by atoms with Gasteiger partial charge in [0.05, 0.1) is 11.4 Å². The molecule has 1 amide bonds. The molecule has 0 bridgehead atoms. The van der Waals surface area contributed by atoms with Crippen LogP contribution in [0.5, 0.6) is 0 Å². The van der Waals surface area contributed by atoms with Crippen LogP contribution in [0.25, 0.3) is 0 Å². The molecule has 0 saturated heterocycles. The second-order valence-electron chi connectivity index (χ2n) is 4.89. The summed E-state index contributed by atoms with van der Waals surface area (Å²) in [5, 5.41) is 12.1. The Hall–Kier alpha value is -0.310. The van der Waals surface area contributed by atoms with Crippen molar-refractivity contribution in [2.45, 2.75) is 38.8 Å². The third-order valence-corrected chi connectivity index (χ3v) is 4.37. The van der Waals surface area contributed by atoms with E-state index < -0.39 is 27.6 Å². The molecule has 1 unspecified atom stereocenters. The first kappa shape index (κ1) is 18.7. The van der Waals surface area contributed by atoms with Gasteiger partial charge in [-0.3, -0.25) is 4.79 Å². The first-order valence-corrected chi connectivity index (χ1v) is 9.15. The summed E-state index contributed by atoms with van der Waals surface area (Å²) in [6.07, 6.45) is 2.30. The minimum atomic E-state index is -3.43. The highest BCUT2D eigenvalue weighted by molar-refractivity contribution is 7.98. The van der Waals surface area contributed by atoms with E-state index in [-0.39, 0.29) is 12.3 Å². The van der Waals surface area contributed by atoms with Crippen molar-refractivity contribution in [1.82, 2.24) is 10.0 Å². The molecule has 0 aromatic heterocycles. The summed E-state index contributed by atoms with van der Waals surface area (Å²) < 4.78 is 25.4. The fourth-order valence-corrected chi connectivity index (χ4v) is 2.50. The molecule has 0 radical (unpaired) electrons. The fraction of sp³-hybridized carbons (Fsp3) is 0.909. The van der Waals surface area contributed by atoms with Crippen LogP contribution in [-0.2, 0) is 14.8 Å². The van der Waals surface area contributed by atoms with Crippen LogP contribution in [0.1, 0.15) is 27.2 Å². The van der Waals surface area contributed by atoms with Crippen molar-refractivity contribution >= 4 is 27.7 Å². The Kier molecular flexibility index (Phi) is 7.95.